The van der Waals surface area contributed by atoms with Crippen LogP contribution in [-0.4, -0.2) is 62.0 Å². The lowest BCUT2D eigenvalue weighted by Crippen LogP contribution is -2.41. The maximum atomic E-state index is 12.8. The number of nitrogens with one attached hydrogen (secondary N) is 1. The summed E-state index contributed by atoms with van der Waals surface area (Å²) in [4.78, 5) is 38.0. The molecule has 2 heterocycles. The van der Waals surface area contributed by atoms with Gasteiger partial charge in [0, 0.05) is 24.8 Å². The van der Waals surface area contributed by atoms with E-state index in [1.807, 2.05) is 36.4 Å². The number of hydrogen-bond acceptors (Lipinski definition) is 6. The van der Waals surface area contributed by atoms with Crippen LogP contribution in [0.2, 0.25) is 0 Å². The average molecular weight is 479 g/mol. The number of aromatic nitrogens is 2. The Balaban J connectivity index is 1.26. The first-order chi connectivity index (χ1) is 16.4. The molecule has 0 radical (unpaired) electrons. The van der Waals surface area contributed by atoms with Crippen LogP contribution in [0.1, 0.15) is 27.5 Å². The molecule has 0 saturated carbocycles. The highest BCUT2D eigenvalue weighted by Gasteiger charge is 2.36. The third kappa shape index (κ3) is 3.90. The number of hydrogen-bond donors (Lipinski definition) is 2. The number of fused-ring (bicyclic) bond motifs is 3. The summed E-state index contributed by atoms with van der Waals surface area (Å²) in [5, 5.41) is 16.1. The number of carbonyl (C=O) groups is 3. The van der Waals surface area contributed by atoms with Gasteiger partial charge in [0.2, 0.25) is 0 Å². The number of carboxylic acids is 1. The van der Waals surface area contributed by atoms with Crippen LogP contribution in [0, 0.1) is 0 Å². The summed E-state index contributed by atoms with van der Waals surface area (Å²) in [6.07, 6.45) is -0.663. The molecule has 1 atom stereocenters. The molecule has 174 valence electrons. The number of ether oxygens (including phenoxy) is 1. The van der Waals surface area contributed by atoms with E-state index in [0.29, 0.717) is 5.75 Å². The first-order valence-electron chi connectivity index (χ1n) is 10.7. The van der Waals surface area contributed by atoms with Crippen molar-refractivity contribution in [1.29, 1.82) is 0 Å². The predicted octanol–water partition coefficient (Wildman–Crippen LogP) is 3.38. The quantitative estimate of drug-likeness (QED) is 0.578. The van der Waals surface area contributed by atoms with Crippen molar-refractivity contribution in [2.24, 2.45) is 7.05 Å². The van der Waals surface area contributed by atoms with Crippen molar-refractivity contribution >= 4 is 35.5 Å². The highest BCUT2D eigenvalue weighted by atomic mass is 32.2. The number of aliphatic carboxylic acids is 1. The zero-order valence-corrected chi connectivity index (χ0v) is 19.1. The zero-order chi connectivity index (χ0) is 23.8. The standard InChI is InChI=1S/C24H22N4O5S/c1-27-21(10-19(26-27)22(29)28-13-34-12-20(28)23(30)31)25-24(32)33-11-18-16-8-4-2-6-14(16)15-7-3-5-9-17(15)18/h2-10,18,20H,11-13H2,1H3,(H,25,32)(H,30,31)/t20-/m0/s1. The molecule has 1 aliphatic heterocycles. The second-order valence-corrected chi connectivity index (χ2v) is 9.12. The number of carbonyl (C=O) groups excluding carboxylic acids is 2. The van der Waals surface area contributed by atoms with Gasteiger partial charge in [-0.2, -0.15) is 5.10 Å². The molecule has 2 N–H and O–H groups in total. The molecular weight excluding hydrogens is 456 g/mol. The molecule has 0 spiro atoms. The number of amides is 2. The molecule has 0 unspecified atom stereocenters. The van der Waals surface area contributed by atoms with Crippen molar-refractivity contribution in [3.8, 4) is 11.1 Å². The molecule has 10 heteroatoms. The Morgan fingerprint density at radius 2 is 1.76 bits per heavy atom. The molecule has 9 nitrogen and oxygen atoms in total. The molecular formula is C24H22N4O5S. The van der Waals surface area contributed by atoms with Gasteiger partial charge in [0.25, 0.3) is 5.91 Å². The molecule has 1 aliphatic carbocycles. The molecule has 1 aromatic heterocycles. The summed E-state index contributed by atoms with van der Waals surface area (Å²) in [6, 6.07) is 16.7. The van der Waals surface area contributed by atoms with Crippen LogP contribution in [0.4, 0.5) is 10.6 Å². The lowest BCUT2D eigenvalue weighted by Gasteiger charge is -2.18. The number of rotatable bonds is 5. The Labute approximate surface area is 199 Å². The Morgan fingerprint density at radius 3 is 2.41 bits per heavy atom. The predicted molar refractivity (Wildman–Crippen MR) is 127 cm³/mol. The Kier molecular flexibility index (Phi) is 5.74. The van der Waals surface area contributed by atoms with E-state index < -0.39 is 24.0 Å². The van der Waals surface area contributed by atoms with Crippen molar-refractivity contribution in [3.05, 3.63) is 71.4 Å². The van der Waals surface area contributed by atoms with Gasteiger partial charge >= 0.3 is 12.1 Å². The van der Waals surface area contributed by atoms with Crippen LogP contribution in [0.5, 0.6) is 0 Å². The number of anilines is 1. The van der Waals surface area contributed by atoms with Crippen molar-refractivity contribution < 1.29 is 24.2 Å². The van der Waals surface area contributed by atoms with E-state index in [9.17, 15) is 19.5 Å². The fraction of sp³-hybridized carbons (Fsp3) is 0.250. The Morgan fingerprint density at radius 1 is 1.12 bits per heavy atom. The van der Waals surface area contributed by atoms with Crippen molar-refractivity contribution in [3.63, 3.8) is 0 Å². The zero-order valence-electron chi connectivity index (χ0n) is 18.3. The van der Waals surface area contributed by atoms with E-state index in [4.69, 9.17) is 4.74 Å². The fourth-order valence-electron chi connectivity index (χ4n) is 4.42. The summed E-state index contributed by atoms with van der Waals surface area (Å²) in [5.41, 5.74) is 4.57. The van der Waals surface area contributed by atoms with E-state index >= 15 is 0 Å². The van der Waals surface area contributed by atoms with Gasteiger partial charge in [-0.15, -0.1) is 11.8 Å². The number of nitrogens with zero attached hydrogens (tertiary/aromatic N) is 3. The number of benzene rings is 2. The molecule has 34 heavy (non-hydrogen) atoms. The van der Waals surface area contributed by atoms with Crippen molar-refractivity contribution in [2.75, 3.05) is 23.6 Å². The number of aryl methyl sites for hydroxylation is 1. The smallest absolute Gasteiger partial charge is 0.412 e. The Hall–Kier alpha value is -3.79. The average Bonchev–Trinajstić information content (AvgIpc) is 3.54. The number of carboxylic acid groups (broad SMARTS) is 1. The maximum Gasteiger partial charge on any atom is 0.412 e. The van der Waals surface area contributed by atoms with E-state index in [2.05, 4.69) is 22.5 Å². The van der Waals surface area contributed by atoms with Gasteiger partial charge in [-0.25, -0.2) is 9.59 Å². The van der Waals surface area contributed by atoms with Crippen LogP contribution in [0.3, 0.4) is 0 Å². The van der Waals surface area contributed by atoms with Gasteiger partial charge in [0.05, 0.1) is 5.88 Å². The molecule has 0 bridgehead atoms. The van der Waals surface area contributed by atoms with Crippen LogP contribution in [-0.2, 0) is 16.6 Å². The molecule has 1 saturated heterocycles. The van der Waals surface area contributed by atoms with Gasteiger partial charge < -0.3 is 14.7 Å². The molecule has 3 aromatic rings. The van der Waals surface area contributed by atoms with Crippen LogP contribution in [0.15, 0.2) is 54.6 Å². The van der Waals surface area contributed by atoms with Crippen molar-refractivity contribution in [2.45, 2.75) is 12.0 Å². The Bertz CT molecular complexity index is 1240. The third-order valence-electron chi connectivity index (χ3n) is 6.10. The van der Waals surface area contributed by atoms with E-state index in [-0.39, 0.29) is 29.9 Å². The van der Waals surface area contributed by atoms with Crippen LogP contribution < -0.4 is 5.32 Å². The maximum absolute atomic E-state index is 12.8. The van der Waals surface area contributed by atoms with Crippen LogP contribution in [0.25, 0.3) is 11.1 Å². The molecule has 2 aliphatic rings. The lowest BCUT2D eigenvalue weighted by molar-refractivity contribution is -0.140. The minimum Gasteiger partial charge on any atom is -0.480 e. The molecule has 2 amide bonds. The SMILES string of the molecule is Cn1nc(C(=O)N2CSC[C@H]2C(=O)O)cc1NC(=O)OCC1c2ccccc2-c2ccccc21. The fourth-order valence-corrected chi connectivity index (χ4v) is 5.57. The first kappa shape index (κ1) is 22.0. The van der Waals surface area contributed by atoms with Crippen LogP contribution >= 0.6 is 11.8 Å². The van der Waals surface area contributed by atoms with Gasteiger partial charge in [0.1, 0.15) is 18.5 Å². The summed E-state index contributed by atoms with van der Waals surface area (Å²) in [6.45, 7) is 0.161. The second-order valence-electron chi connectivity index (χ2n) is 8.12. The topological polar surface area (TPSA) is 114 Å². The largest absolute Gasteiger partial charge is 0.480 e. The third-order valence-corrected chi connectivity index (χ3v) is 7.11. The second kappa shape index (κ2) is 8.86. The summed E-state index contributed by atoms with van der Waals surface area (Å²) >= 11 is 1.37. The highest BCUT2D eigenvalue weighted by Crippen LogP contribution is 2.44. The highest BCUT2D eigenvalue weighted by molar-refractivity contribution is 7.99. The summed E-state index contributed by atoms with van der Waals surface area (Å²) in [7, 11) is 1.59. The lowest BCUT2D eigenvalue weighted by atomic mass is 9.98. The van der Waals surface area contributed by atoms with Gasteiger partial charge in [0.15, 0.2) is 5.69 Å². The monoisotopic (exact) mass is 478 g/mol. The normalized spacial score (nSPS) is 16.7. The van der Waals surface area contributed by atoms with E-state index in [1.54, 1.807) is 7.05 Å². The van der Waals surface area contributed by atoms with Crippen molar-refractivity contribution in [1.82, 2.24) is 14.7 Å². The van der Waals surface area contributed by atoms with Gasteiger partial charge in [-0.05, 0) is 22.3 Å². The number of thioether (sulfide) groups is 1. The first-order valence-corrected chi connectivity index (χ1v) is 11.9. The minimum absolute atomic E-state index is 0.0604. The molecule has 5 rings (SSSR count). The van der Waals surface area contributed by atoms with Gasteiger partial charge in [-0.3, -0.25) is 14.8 Å². The molecule has 2 aromatic carbocycles. The minimum atomic E-state index is -1.05. The van der Waals surface area contributed by atoms with Gasteiger partial charge in [-0.1, -0.05) is 48.5 Å². The molecule has 1 fully saturated rings. The summed E-state index contributed by atoms with van der Waals surface area (Å²) < 4.78 is 6.90. The summed E-state index contributed by atoms with van der Waals surface area (Å²) in [5.74, 6) is -0.720. The van der Waals surface area contributed by atoms with E-state index in [1.165, 1.54) is 27.4 Å². The van der Waals surface area contributed by atoms with E-state index in [0.717, 1.165) is 22.3 Å².